The molecule has 0 unspecified atom stereocenters. The van der Waals surface area contributed by atoms with Crippen LogP contribution < -0.4 is 10.3 Å². The maximum absolute atomic E-state index is 13.3. The van der Waals surface area contributed by atoms with E-state index in [-0.39, 0.29) is 18.0 Å². The Balaban J connectivity index is 1.63. The predicted octanol–water partition coefficient (Wildman–Crippen LogP) is 4.19. The number of carbonyl (C=O) groups is 1. The molecule has 156 valence electrons. The maximum Gasteiger partial charge on any atom is 0.258 e. The van der Waals surface area contributed by atoms with Crippen LogP contribution in [0.4, 0.5) is 0 Å². The molecule has 0 aliphatic rings. The molecule has 1 N–H and O–H groups in total. The third-order valence-corrected chi connectivity index (χ3v) is 5.74. The first kappa shape index (κ1) is 20.6. The number of fused-ring (bicyclic) bond motifs is 1. The zero-order valence-electron chi connectivity index (χ0n) is 17.2. The molecule has 0 saturated carbocycles. The third kappa shape index (κ3) is 4.57. The first-order valence-electron chi connectivity index (χ1n) is 9.68. The van der Waals surface area contributed by atoms with Crippen molar-refractivity contribution in [2.45, 2.75) is 6.54 Å². The van der Waals surface area contributed by atoms with Gasteiger partial charge >= 0.3 is 0 Å². The molecule has 4 rings (SSSR count). The van der Waals surface area contributed by atoms with Crippen LogP contribution in [0.25, 0.3) is 22.6 Å². The fourth-order valence-electron chi connectivity index (χ4n) is 3.25. The number of methoxy groups -OCH3 is 1. The van der Waals surface area contributed by atoms with E-state index in [9.17, 15) is 9.59 Å². The lowest BCUT2D eigenvalue weighted by molar-refractivity contribution is -0.124. The van der Waals surface area contributed by atoms with Crippen molar-refractivity contribution in [1.29, 1.82) is 0 Å². The molecule has 4 aromatic rings. The van der Waals surface area contributed by atoms with Crippen LogP contribution in [0.15, 0.2) is 70.8 Å². The lowest BCUT2D eigenvalue weighted by Crippen LogP contribution is -2.29. The van der Waals surface area contributed by atoms with Gasteiger partial charge in [-0.2, -0.15) is 0 Å². The van der Waals surface area contributed by atoms with E-state index in [0.29, 0.717) is 22.3 Å². The summed E-state index contributed by atoms with van der Waals surface area (Å²) in [7, 11) is 3.32. The van der Waals surface area contributed by atoms with Crippen molar-refractivity contribution in [1.82, 2.24) is 14.9 Å². The molecule has 2 aromatic carbocycles. The molecule has 6 nitrogen and oxygen atoms in total. The van der Waals surface area contributed by atoms with Gasteiger partial charge in [0.05, 0.1) is 30.1 Å². The number of hydrogen-bond acceptors (Lipinski definition) is 5. The lowest BCUT2D eigenvalue weighted by atomic mass is 10.1. The summed E-state index contributed by atoms with van der Waals surface area (Å²) in [5.74, 6) is 1.04. The molecule has 0 aliphatic carbocycles. The molecule has 31 heavy (non-hydrogen) atoms. The zero-order valence-corrected chi connectivity index (χ0v) is 18.0. The fraction of sp³-hybridized carbons (Fsp3) is 0.125. The number of carbonyl (C=O) groups excluding carboxylic acids is 1. The van der Waals surface area contributed by atoms with Gasteiger partial charge in [0.1, 0.15) is 11.6 Å². The Kier molecular flexibility index (Phi) is 5.95. The number of aromatic nitrogens is 2. The molecule has 0 aliphatic heterocycles. The van der Waals surface area contributed by atoms with Gasteiger partial charge < -0.3 is 14.6 Å². The number of H-pyrrole nitrogens is 1. The summed E-state index contributed by atoms with van der Waals surface area (Å²) in [6, 6.07) is 18.5. The number of aromatic amines is 1. The van der Waals surface area contributed by atoms with E-state index >= 15 is 0 Å². The van der Waals surface area contributed by atoms with E-state index < -0.39 is 0 Å². The second kappa shape index (κ2) is 8.97. The van der Waals surface area contributed by atoms with Crippen molar-refractivity contribution >= 4 is 39.8 Å². The summed E-state index contributed by atoms with van der Waals surface area (Å²) in [4.78, 5) is 35.4. The van der Waals surface area contributed by atoms with Crippen LogP contribution >= 0.6 is 11.3 Å². The summed E-state index contributed by atoms with van der Waals surface area (Å²) in [6.45, 7) is 0.185. The van der Waals surface area contributed by atoms with E-state index in [1.54, 1.807) is 37.3 Å². The number of thiophene rings is 1. The Morgan fingerprint density at radius 2 is 1.90 bits per heavy atom. The maximum atomic E-state index is 13.3. The fourth-order valence-corrected chi connectivity index (χ4v) is 3.98. The highest BCUT2D eigenvalue weighted by molar-refractivity contribution is 7.11. The number of para-hydroxylation sites is 1. The van der Waals surface area contributed by atoms with E-state index in [2.05, 4.69) is 9.97 Å². The Hall–Kier alpha value is -3.71. The van der Waals surface area contributed by atoms with Crippen LogP contribution in [-0.2, 0) is 11.3 Å². The van der Waals surface area contributed by atoms with E-state index in [1.807, 2.05) is 53.9 Å². The third-order valence-electron chi connectivity index (χ3n) is 4.84. The summed E-state index contributed by atoms with van der Waals surface area (Å²) in [6.07, 6.45) is 1.86. The summed E-state index contributed by atoms with van der Waals surface area (Å²) in [5, 5.41) is 2.46. The molecule has 0 spiro atoms. The minimum Gasteiger partial charge on any atom is -0.497 e. The minimum atomic E-state index is -0.214. The molecule has 0 radical (unpaired) electrons. The van der Waals surface area contributed by atoms with Crippen LogP contribution in [0, 0.1) is 0 Å². The minimum absolute atomic E-state index is 0.158. The summed E-state index contributed by atoms with van der Waals surface area (Å²) < 4.78 is 5.21. The number of nitrogens with zero attached hydrogens (tertiary/aromatic N) is 2. The van der Waals surface area contributed by atoms with E-state index in [1.165, 1.54) is 11.3 Å². The Morgan fingerprint density at radius 3 is 2.61 bits per heavy atom. The monoisotopic (exact) mass is 431 g/mol. The highest BCUT2D eigenvalue weighted by Crippen LogP contribution is 2.26. The number of amides is 1. The van der Waals surface area contributed by atoms with E-state index in [0.717, 1.165) is 16.2 Å². The van der Waals surface area contributed by atoms with Crippen molar-refractivity contribution in [3.8, 4) is 5.75 Å². The zero-order chi connectivity index (χ0) is 21.8. The SMILES string of the molecule is COc1ccc(/C=C(/C(=O)N(C)Cc2nc3ccccc3c(=O)[nH]2)c2cccs2)cc1. The molecule has 0 atom stereocenters. The highest BCUT2D eigenvalue weighted by Gasteiger charge is 2.19. The van der Waals surface area contributed by atoms with Crippen molar-refractivity contribution < 1.29 is 9.53 Å². The van der Waals surface area contributed by atoms with Gasteiger partial charge in [-0.05, 0) is 47.4 Å². The van der Waals surface area contributed by atoms with Gasteiger partial charge in [0, 0.05) is 11.9 Å². The van der Waals surface area contributed by atoms with E-state index in [4.69, 9.17) is 4.74 Å². The normalized spacial score (nSPS) is 11.5. The topological polar surface area (TPSA) is 75.3 Å². The molecule has 0 fully saturated rings. The molecule has 7 heteroatoms. The first-order valence-corrected chi connectivity index (χ1v) is 10.6. The van der Waals surface area contributed by atoms with Crippen molar-refractivity contribution in [2.75, 3.05) is 14.2 Å². The molecule has 2 heterocycles. The van der Waals surface area contributed by atoms with Crippen LogP contribution in [-0.4, -0.2) is 34.9 Å². The molecular formula is C24H21N3O3S. The first-order chi connectivity index (χ1) is 15.0. The van der Waals surface area contributed by atoms with Gasteiger partial charge in [-0.15, -0.1) is 11.3 Å². The smallest absolute Gasteiger partial charge is 0.258 e. The van der Waals surface area contributed by atoms with Gasteiger partial charge in [0.15, 0.2) is 0 Å². The Labute approximate surface area is 183 Å². The number of likely N-dealkylation sites (N-methyl/N-ethyl adjacent to an activating group) is 1. The number of ether oxygens (including phenoxy) is 1. The number of rotatable bonds is 6. The predicted molar refractivity (Wildman–Crippen MR) is 124 cm³/mol. The van der Waals surface area contributed by atoms with Crippen LogP contribution in [0.2, 0.25) is 0 Å². The van der Waals surface area contributed by atoms with Gasteiger partial charge in [-0.1, -0.05) is 30.3 Å². The second-order valence-electron chi connectivity index (χ2n) is 7.00. The molecule has 0 bridgehead atoms. The van der Waals surface area contributed by atoms with Gasteiger partial charge in [0.2, 0.25) is 0 Å². The van der Waals surface area contributed by atoms with Crippen LogP contribution in [0.1, 0.15) is 16.3 Å². The van der Waals surface area contributed by atoms with Crippen molar-refractivity contribution in [3.05, 3.63) is 92.7 Å². The average molecular weight is 432 g/mol. The van der Waals surface area contributed by atoms with Crippen molar-refractivity contribution in [2.24, 2.45) is 0 Å². The summed E-state index contributed by atoms with van der Waals surface area (Å²) >= 11 is 1.50. The standard InChI is InChI=1S/C24H21N3O3S/c1-27(15-22-25-20-7-4-3-6-18(20)23(28)26-22)24(29)19(21-8-5-13-31-21)14-16-9-11-17(30-2)12-10-16/h3-14H,15H2,1-2H3,(H,25,26,28)/b19-14+. The number of benzene rings is 2. The van der Waals surface area contributed by atoms with Gasteiger partial charge in [-0.3, -0.25) is 9.59 Å². The largest absolute Gasteiger partial charge is 0.497 e. The van der Waals surface area contributed by atoms with Gasteiger partial charge in [0.25, 0.3) is 11.5 Å². The average Bonchev–Trinajstić information content (AvgIpc) is 3.32. The number of nitrogens with one attached hydrogen (secondary N) is 1. The van der Waals surface area contributed by atoms with Crippen LogP contribution in [0.5, 0.6) is 5.75 Å². The van der Waals surface area contributed by atoms with Crippen molar-refractivity contribution in [3.63, 3.8) is 0 Å². The van der Waals surface area contributed by atoms with Gasteiger partial charge in [-0.25, -0.2) is 4.98 Å². The summed E-state index contributed by atoms with van der Waals surface area (Å²) in [5.41, 5.74) is 1.86. The molecule has 1 amide bonds. The Morgan fingerprint density at radius 1 is 1.13 bits per heavy atom. The number of hydrogen-bond donors (Lipinski definition) is 1. The molecule has 0 saturated heterocycles. The molecular weight excluding hydrogens is 410 g/mol. The quantitative estimate of drug-likeness (QED) is 0.465. The van der Waals surface area contributed by atoms with Crippen LogP contribution in [0.3, 0.4) is 0 Å². The Bertz CT molecular complexity index is 1290. The lowest BCUT2D eigenvalue weighted by Gasteiger charge is -2.18. The highest BCUT2D eigenvalue weighted by atomic mass is 32.1. The second-order valence-corrected chi connectivity index (χ2v) is 7.95. The molecule has 2 aromatic heterocycles.